The van der Waals surface area contributed by atoms with Crippen molar-refractivity contribution in [1.82, 2.24) is 15.5 Å². The fraction of sp³-hybridized carbons (Fsp3) is 0.467. The second-order valence-electron chi connectivity index (χ2n) is 5.29. The summed E-state index contributed by atoms with van der Waals surface area (Å²) < 4.78 is 11.0. The van der Waals surface area contributed by atoms with Crippen LogP contribution in [0.1, 0.15) is 31.5 Å². The summed E-state index contributed by atoms with van der Waals surface area (Å²) in [6, 6.07) is 9.74. The first kappa shape index (κ1) is 13.1. The Morgan fingerprint density at radius 1 is 1.35 bits per heavy atom. The van der Waals surface area contributed by atoms with Gasteiger partial charge in [-0.3, -0.25) is 0 Å². The minimum absolute atomic E-state index is 0.161. The van der Waals surface area contributed by atoms with E-state index in [1.165, 1.54) is 0 Å². The number of nitrogens with one attached hydrogen (secondary N) is 1. The van der Waals surface area contributed by atoms with Crippen molar-refractivity contribution in [2.75, 3.05) is 13.2 Å². The van der Waals surface area contributed by atoms with Crippen LogP contribution in [0.4, 0.5) is 0 Å². The van der Waals surface area contributed by atoms with E-state index in [0.717, 1.165) is 25.1 Å². The van der Waals surface area contributed by atoms with Crippen LogP contribution in [-0.2, 0) is 12.0 Å². The van der Waals surface area contributed by atoms with Gasteiger partial charge in [0, 0.05) is 6.42 Å². The average molecular weight is 273 g/mol. The highest BCUT2D eigenvalue weighted by Gasteiger charge is 2.35. The zero-order valence-corrected chi connectivity index (χ0v) is 11.6. The molecule has 1 atom stereocenters. The Labute approximate surface area is 118 Å². The lowest BCUT2D eigenvalue weighted by atomic mass is 10.0. The summed E-state index contributed by atoms with van der Waals surface area (Å²) in [5.41, 5.74) is -0.161. The third-order valence-electron chi connectivity index (χ3n) is 3.65. The molecule has 1 aromatic heterocycles. The molecule has 2 aromatic rings. The Kier molecular flexibility index (Phi) is 3.69. The number of benzene rings is 1. The molecule has 3 rings (SSSR count). The molecule has 5 heteroatoms. The van der Waals surface area contributed by atoms with Crippen LogP contribution < -0.4 is 10.1 Å². The molecule has 1 saturated heterocycles. The Balaban J connectivity index is 1.55. The minimum Gasteiger partial charge on any atom is -0.493 e. The van der Waals surface area contributed by atoms with E-state index in [1.807, 2.05) is 30.3 Å². The van der Waals surface area contributed by atoms with E-state index in [0.29, 0.717) is 24.7 Å². The number of aromatic nitrogens is 2. The number of ether oxygens (including phenoxy) is 1. The standard InChI is InChI=1S/C15H19N3O2/c1-15(9-5-10-16-15)14-17-13(18-20-14)8-11-19-12-6-3-2-4-7-12/h2-4,6-7,16H,5,8-11H2,1H3. The van der Waals surface area contributed by atoms with Crippen molar-refractivity contribution in [2.45, 2.75) is 31.7 Å². The lowest BCUT2D eigenvalue weighted by Crippen LogP contribution is -2.33. The molecule has 1 aliphatic heterocycles. The third kappa shape index (κ3) is 2.82. The molecule has 106 valence electrons. The van der Waals surface area contributed by atoms with E-state index in [1.54, 1.807) is 0 Å². The van der Waals surface area contributed by atoms with E-state index >= 15 is 0 Å². The maximum absolute atomic E-state index is 5.63. The lowest BCUT2D eigenvalue weighted by Gasteiger charge is -2.18. The van der Waals surface area contributed by atoms with Gasteiger partial charge in [-0.15, -0.1) is 0 Å². The molecule has 0 saturated carbocycles. The van der Waals surface area contributed by atoms with Crippen LogP contribution in [0.5, 0.6) is 5.75 Å². The van der Waals surface area contributed by atoms with Crippen molar-refractivity contribution >= 4 is 0 Å². The van der Waals surface area contributed by atoms with Gasteiger partial charge in [0.2, 0.25) is 5.89 Å². The fourth-order valence-electron chi connectivity index (χ4n) is 2.43. The monoisotopic (exact) mass is 273 g/mol. The summed E-state index contributed by atoms with van der Waals surface area (Å²) >= 11 is 0. The van der Waals surface area contributed by atoms with Crippen molar-refractivity contribution in [2.24, 2.45) is 0 Å². The van der Waals surface area contributed by atoms with E-state index in [4.69, 9.17) is 9.26 Å². The molecule has 1 fully saturated rings. The summed E-state index contributed by atoms with van der Waals surface area (Å²) in [5, 5.41) is 7.45. The lowest BCUT2D eigenvalue weighted by molar-refractivity contribution is 0.272. The molecule has 1 aliphatic rings. The highest BCUT2D eigenvalue weighted by Crippen LogP contribution is 2.28. The second kappa shape index (κ2) is 5.63. The van der Waals surface area contributed by atoms with Gasteiger partial charge in [-0.1, -0.05) is 23.4 Å². The van der Waals surface area contributed by atoms with Crippen molar-refractivity contribution in [3.63, 3.8) is 0 Å². The summed E-state index contributed by atoms with van der Waals surface area (Å²) in [6.45, 7) is 3.66. The molecule has 0 amide bonds. The topological polar surface area (TPSA) is 60.2 Å². The molecule has 1 aromatic carbocycles. The zero-order valence-electron chi connectivity index (χ0n) is 11.6. The van der Waals surface area contributed by atoms with E-state index in [9.17, 15) is 0 Å². The highest BCUT2D eigenvalue weighted by molar-refractivity contribution is 5.20. The average Bonchev–Trinajstić information content (AvgIpc) is 3.10. The van der Waals surface area contributed by atoms with Crippen LogP contribution in [0.25, 0.3) is 0 Å². The largest absolute Gasteiger partial charge is 0.493 e. The van der Waals surface area contributed by atoms with Crippen molar-refractivity contribution in [3.05, 3.63) is 42.0 Å². The Hall–Kier alpha value is -1.88. The van der Waals surface area contributed by atoms with Gasteiger partial charge in [0.05, 0.1) is 12.1 Å². The zero-order chi connectivity index (χ0) is 13.8. The molecule has 0 radical (unpaired) electrons. The molecule has 1 unspecified atom stereocenters. The first-order chi connectivity index (χ1) is 9.76. The molecule has 1 N–H and O–H groups in total. The molecule has 2 heterocycles. The molecule has 20 heavy (non-hydrogen) atoms. The Morgan fingerprint density at radius 2 is 2.20 bits per heavy atom. The predicted octanol–water partition coefficient (Wildman–Crippen LogP) is 2.29. The summed E-state index contributed by atoms with van der Waals surface area (Å²) in [5.74, 6) is 2.25. The summed E-state index contributed by atoms with van der Waals surface area (Å²) in [7, 11) is 0. The number of hydrogen-bond acceptors (Lipinski definition) is 5. The molecular formula is C15H19N3O2. The van der Waals surface area contributed by atoms with Crippen LogP contribution in [0.3, 0.4) is 0 Å². The quantitative estimate of drug-likeness (QED) is 0.905. The number of para-hydroxylation sites is 1. The van der Waals surface area contributed by atoms with Gasteiger partial charge in [0.15, 0.2) is 5.82 Å². The molecule has 0 bridgehead atoms. The molecule has 0 spiro atoms. The van der Waals surface area contributed by atoms with Crippen molar-refractivity contribution in [1.29, 1.82) is 0 Å². The fourth-order valence-corrected chi connectivity index (χ4v) is 2.43. The van der Waals surface area contributed by atoms with Crippen LogP contribution in [-0.4, -0.2) is 23.3 Å². The van der Waals surface area contributed by atoms with Gasteiger partial charge >= 0.3 is 0 Å². The van der Waals surface area contributed by atoms with E-state index < -0.39 is 0 Å². The third-order valence-corrected chi connectivity index (χ3v) is 3.65. The van der Waals surface area contributed by atoms with Crippen LogP contribution >= 0.6 is 0 Å². The normalized spacial score (nSPS) is 22.1. The Bertz CT molecular complexity index is 547. The van der Waals surface area contributed by atoms with Gasteiger partial charge in [-0.05, 0) is 38.4 Å². The molecule has 0 aliphatic carbocycles. The molecule has 5 nitrogen and oxygen atoms in total. The van der Waals surface area contributed by atoms with Gasteiger partial charge in [0.25, 0.3) is 0 Å². The summed E-state index contributed by atoms with van der Waals surface area (Å²) in [6.07, 6.45) is 2.83. The number of hydrogen-bond donors (Lipinski definition) is 1. The van der Waals surface area contributed by atoms with Gasteiger partial charge in [0.1, 0.15) is 5.75 Å². The number of nitrogens with zero attached hydrogens (tertiary/aromatic N) is 2. The van der Waals surface area contributed by atoms with Gasteiger partial charge in [-0.2, -0.15) is 4.98 Å². The summed E-state index contributed by atoms with van der Waals surface area (Å²) in [4.78, 5) is 4.47. The first-order valence-electron chi connectivity index (χ1n) is 7.02. The Morgan fingerprint density at radius 3 is 2.95 bits per heavy atom. The number of rotatable bonds is 5. The highest BCUT2D eigenvalue weighted by atomic mass is 16.5. The van der Waals surface area contributed by atoms with Crippen molar-refractivity contribution in [3.8, 4) is 5.75 Å². The minimum atomic E-state index is -0.161. The van der Waals surface area contributed by atoms with Gasteiger partial charge < -0.3 is 14.6 Å². The second-order valence-corrected chi connectivity index (χ2v) is 5.29. The predicted molar refractivity (Wildman–Crippen MR) is 74.5 cm³/mol. The first-order valence-corrected chi connectivity index (χ1v) is 7.02. The van der Waals surface area contributed by atoms with Gasteiger partial charge in [-0.25, -0.2) is 0 Å². The molecular weight excluding hydrogens is 254 g/mol. The smallest absolute Gasteiger partial charge is 0.246 e. The van der Waals surface area contributed by atoms with E-state index in [2.05, 4.69) is 22.4 Å². The van der Waals surface area contributed by atoms with Crippen molar-refractivity contribution < 1.29 is 9.26 Å². The maximum Gasteiger partial charge on any atom is 0.246 e. The van der Waals surface area contributed by atoms with Crippen LogP contribution in [0.15, 0.2) is 34.9 Å². The van der Waals surface area contributed by atoms with E-state index in [-0.39, 0.29) is 5.54 Å². The van der Waals surface area contributed by atoms with Crippen LogP contribution in [0, 0.1) is 0 Å². The SMILES string of the molecule is CC1(c2nc(CCOc3ccccc3)no2)CCCN1. The van der Waals surface area contributed by atoms with Crippen LogP contribution in [0.2, 0.25) is 0 Å². The maximum atomic E-state index is 5.63.